The summed E-state index contributed by atoms with van der Waals surface area (Å²) in [5, 5.41) is 2.83. The van der Waals surface area contributed by atoms with E-state index in [4.69, 9.17) is 0 Å². The maximum Gasteiger partial charge on any atom is 0.251 e. The number of carbonyl (C=O) groups excluding carboxylic acids is 1. The SMILES string of the molecule is CC(C)C1(C)C=CC2=C(C=C1)C(=O)NC2. The topological polar surface area (TPSA) is 29.1 Å². The van der Waals surface area contributed by atoms with E-state index in [-0.39, 0.29) is 11.3 Å². The molecule has 0 bridgehead atoms. The van der Waals surface area contributed by atoms with Gasteiger partial charge in [0.25, 0.3) is 5.91 Å². The van der Waals surface area contributed by atoms with Gasteiger partial charge >= 0.3 is 0 Å². The van der Waals surface area contributed by atoms with Crippen LogP contribution in [0.4, 0.5) is 0 Å². The predicted molar refractivity (Wildman–Crippen MR) is 61.3 cm³/mol. The first kappa shape index (κ1) is 10.2. The highest BCUT2D eigenvalue weighted by atomic mass is 16.1. The average Bonchev–Trinajstić information content (AvgIpc) is 2.42. The van der Waals surface area contributed by atoms with Gasteiger partial charge in [0.1, 0.15) is 0 Å². The van der Waals surface area contributed by atoms with Crippen molar-refractivity contribution in [2.24, 2.45) is 11.3 Å². The highest BCUT2D eigenvalue weighted by Gasteiger charge is 2.27. The van der Waals surface area contributed by atoms with E-state index in [1.807, 2.05) is 6.08 Å². The Hall–Kier alpha value is -1.31. The molecular weight excluding hydrogens is 186 g/mol. The molecule has 1 N–H and O–H groups in total. The fraction of sp³-hybridized carbons (Fsp3) is 0.462. The molecule has 1 heterocycles. The number of amides is 1. The third-order valence-electron chi connectivity index (χ3n) is 3.53. The fourth-order valence-electron chi connectivity index (χ4n) is 1.83. The van der Waals surface area contributed by atoms with Crippen LogP contribution < -0.4 is 5.32 Å². The smallest absolute Gasteiger partial charge is 0.251 e. The van der Waals surface area contributed by atoms with Crippen LogP contribution in [-0.4, -0.2) is 12.5 Å². The van der Waals surface area contributed by atoms with Crippen molar-refractivity contribution in [3.05, 3.63) is 35.5 Å². The van der Waals surface area contributed by atoms with Crippen molar-refractivity contribution in [1.82, 2.24) is 5.32 Å². The van der Waals surface area contributed by atoms with Gasteiger partial charge in [-0.3, -0.25) is 4.79 Å². The molecule has 1 amide bonds. The first-order valence-corrected chi connectivity index (χ1v) is 5.43. The van der Waals surface area contributed by atoms with Crippen LogP contribution >= 0.6 is 0 Å². The summed E-state index contributed by atoms with van der Waals surface area (Å²) in [7, 11) is 0. The van der Waals surface area contributed by atoms with Crippen LogP contribution in [0.15, 0.2) is 35.5 Å². The molecule has 0 saturated carbocycles. The second-order valence-corrected chi connectivity index (χ2v) is 4.81. The van der Waals surface area contributed by atoms with Gasteiger partial charge in [-0.25, -0.2) is 0 Å². The Balaban J connectivity index is 2.37. The van der Waals surface area contributed by atoms with Crippen molar-refractivity contribution in [1.29, 1.82) is 0 Å². The van der Waals surface area contributed by atoms with Crippen molar-refractivity contribution < 1.29 is 4.79 Å². The van der Waals surface area contributed by atoms with Gasteiger partial charge in [-0.05, 0) is 11.5 Å². The largest absolute Gasteiger partial charge is 0.348 e. The maximum atomic E-state index is 11.5. The number of carbonyl (C=O) groups is 1. The lowest BCUT2D eigenvalue weighted by atomic mass is 9.79. The minimum absolute atomic E-state index is 0.0545. The van der Waals surface area contributed by atoms with Gasteiger partial charge in [0.15, 0.2) is 0 Å². The van der Waals surface area contributed by atoms with E-state index in [0.717, 1.165) is 11.1 Å². The summed E-state index contributed by atoms with van der Waals surface area (Å²) >= 11 is 0. The molecule has 1 atom stereocenters. The van der Waals surface area contributed by atoms with Crippen LogP contribution in [0.25, 0.3) is 0 Å². The van der Waals surface area contributed by atoms with Gasteiger partial charge in [-0.15, -0.1) is 0 Å². The summed E-state index contributed by atoms with van der Waals surface area (Å²) in [5.41, 5.74) is 2.00. The number of allylic oxidation sites excluding steroid dienone is 2. The Labute approximate surface area is 90.7 Å². The van der Waals surface area contributed by atoms with Crippen LogP contribution in [-0.2, 0) is 4.79 Å². The lowest BCUT2D eigenvalue weighted by Crippen LogP contribution is -2.20. The van der Waals surface area contributed by atoms with E-state index in [1.54, 1.807) is 0 Å². The Kier molecular flexibility index (Phi) is 2.29. The molecule has 0 aromatic heterocycles. The van der Waals surface area contributed by atoms with Crippen LogP contribution in [0.3, 0.4) is 0 Å². The highest BCUT2D eigenvalue weighted by molar-refractivity contribution is 6.00. The molecule has 1 aliphatic heterocycles. The average molecular weight is 203 g/mol. The molecule has 0 spiro atoms. The summed E-state index contributed by atoms with van der Waals surface area (Å²) in [6.45, 7) is 7.27. The van der Waals surface area contributed by atoms with Crippen molar-refractivity contribution in [2.75, 3.05) is 6.54 Å². The van der Waals surface area contributed by atoms with E-state index in [1.165, 1.54) is 0 Å². The number of rotatable bonds is 1. The normalized spacial score (nSPS) is 29.5. The highest BCUT2D eigenvalue weighted by Crippen LogP contribution is 2.34. The second-order valence-electron chi connectivity index (χ2n) is 4.81. The van der Waals surface area contributed by atoms with Crippen molar-refractivity contribution in [2.45, 2.75) is 20.8 Å². The Bertz CT molecular complexity index is 387. The molecule has 2 aliphatic rings. The lowest BCUT2D eigenvalue weighted by molar-refractivity contribution is -0.116. The first-order chi connectivity index (χ1) is 7.03. The molecule has 1 unspecified atom stereocenters. The van der Waals surface area contributed by atoms with Gasteiger partial charge in [-0.1, -0.05) is 45.1 Å². The molecule has 15 heavy (non-hydrogen) atoms. The maximum absolute atomic E-state index is 11.5. The molecule has 1 aliphatic carbocycles. The molecule has 2 nitrogen and oxygen atoms in total. The molecule has 80 valence electrons. The van der Waals surface area contributed by atoms with Crippen molar-refractivity contribution >= 4 is 5.91 Å². The zero-order chi connectivity index (χ0) is 11.1. The predicted octanol–water partition coefficient (Wildman–Crippen LogP) is 2.20. The van der Waals surface area contributed by atoms with Gasteiger partial charge < -0.3 is 5.32 Å². The number of hydrogen-bond acceptors (Lipinski definition) is 1. The summed E-state index contributed by atoms with van der Waals surface area (Å²) < 4.78 is 0. The van der Waals surface area contributed by atoms with Crippen LogP contribution in [0.1, 0.15) is 20.8 Å². The van der Waals surface area contributed by atoms with E-state index >= 15 is 0 Å². The van der Waals surface area contributed by atoms with Gasteiger partial charge in [0.2, 0.25) is 0 Å². The van der Waals surface area contributed by atoms with Crippen LogP contribution in [0.2, 0.25) is 0 Å². The van der Waals surface area contributed by atoms with E-state index in [2.05, 4.69) is 44.3 Å². The Morgan fingerprint density at radius 1 is 1.33 bits per heavy atom. The van der Waals surface area contributed by atoms with Gasteiger partial charge in [0, 0.05) is 17.5 Å². The van der Waals surface area contributed by atoms with Gasteiger partial charge in [-0.2, -0.15) is 0 Å². The lowest BCUT2D eigenvalue weighted by Gasteiger charge is -2.26. The monoisotopic (exact) mass is 203 g/mol. The molecule has 0 aromatic rings. The third kappa shape index (κ3) is 1.65. The molecule has 2 heteroatoms. The summed E-state index contributed by atoms with van der Waals surface area (Å²) in [5.74, 6) is 0.590. The molecular formula is C13H17NO. The third-order valence-corrected chi connectivity index (χ3v) is 3.53. The van der Waals surface area contributed by atoms with E-state index in [0.29, 0.717) is 12.5 Å². The minimum atomic E-state index is 0.0545. The Morgan fingerprint density at radius 2 is 2.00 bits per heavy atom. The minimum Gasteiger partial charge on any atom is -0.348 e. The first-order valence-electron chi connectivity index (χ1n) is 5.43. The van der Waals surface area contributed by atoms with Gasteiger partial charge in [0.05, 0.1) is 0 Å². The summed E-state index contributed by atoms with van der Waals surface area (Å²) in [6, 6.07) is 0. The fourth-order valence-corrected chi connectivity index (χ4v) is 1.83. The zero-order valence-corrected chi connectivity index (χ0v) is 9.50. The molecule has 2 rings (SSSR count). The quantitative estimate of drug-likeness (QED) is 0.695. The van der Waals surface area contributed by atoms with E-state index < -0.39 is 0 Å². The number of hydrogen-bond donors (Lipinski definition) is 1. The summed E-state index contributed by atoms with van der Waals surface area (Å²) in [6.07, 6.45) is 8.41. The summed E-state index contributed by atoms with van der Waals surface area (Å²) in [4.78, 5) is 11.5. The van der Waals surface area contributed by atoms with Crippen LogP contribution in [0.5, 0.6) is 0 Å². The zero-order valence-electron chi connectivity index (χ0n) is 9.50. The van der Waals surface area contributed by atoms with Crippen molar-refractivity contribution in [3.63, 3.8) is 0 Å². The molecule has 0 saturated heterocycles. The molecule has 0 aromatic carbocycles. The second kappa shape index (κ2) is 3.37. The van der Waals surface area contributed by atoms with Crippen molar-refractivity contribution in [3.8, 4) is 0 Å². The van der Waals surface area contributed by atoms with Crippen LogP contribution in [0, 0.1) is 11.3 Å². The number of nitrogens with one attached hydrogen (secondary N) is 1. The molecule has 0 radical (unpaired) electrons. The standard InChI is InChI=1S/C13H17NO/c1-9(2)13(3)6-4-10-8-14-12(15)11(10)5-7-13/h4-7,9H,8H2,1-3H3,(H,14,15). The molecule has 0 fully saturated rings. The van der Waals surface area contributed by atoms with E-state index in [9.17, 15) is 4.79 Å². The Morgan fingerprint density at radius 3 is 2.67 bits per heavy atom.